The molecule has 2 rings (SSSR count). The molecule has 0 spiro atoms. The van der Waals surface area contributed by atoms with Gasteiger partial charge in [-0.25, -0.2) is 0 Å². The third-order valence-electron chi connectivity index (χ3n) is 4.50. The molecule has 0 aliphatic carbocycles. The number of nitrogens with one attached hydrogen (secondary N) is 2. The van der Waals surface area contributed by atoms with Gasteiger partial charge in [-0.15, -0.1) is 12.4 Å². The highest BCUT2D eigenvalue weighted by molar-refractivity contribution is 5.85. The molecular weight excluding hydrogens is 384 g/mol. The second kappa shape index (κ2) is 11.8. The Labute approximate surface area is 172 Å². The van der Waals surface area contributed by atoms with Gasteiger partial charge in [0.05, 0.1) is 25.8 Å². The highest BCUT2D eigenvalue weighted by Gasteiger charge is 2.22. The molecule has 158 valence electrons. The molecule has 7 nitrogen and oxygen atoms in total. The monoisotopic (exact) mass is 414 g/mol. The number of aliphatic carboxylic acids is 1. The smallest absolute Gasteiger partial charge is 0.320 e. The number of halogens is 1. The van der Waals surface area contributed by atoms with Crippen LogP contribution in [0, 0.1) is 5.92 Å². The SMILES string of the molecule is CCCC(NCC(=O)NC(c1ccc2c(c1)OCCCO2)C(C)C)C(=O)O.Cl. The second-order valence-corrected chi connectivity index (χ2v) is 7.11. The van der Waals surface area contributed by atoms with Crippen LogP contribution in [0.2, 0.25) is 0 Å². The molecule has 0 saturated carbocycles. The number of ether oxygens (including phenoxy) is 2. The van der Waals surface area contributed by atoms with Crippen molar-refractivity contribution in [1.82, 2.24) is 10.6 Å². The Kier molecular flexibility index (Phi) is 10.1. The summed E-state index contributed by atoms with van der Waals surface area (Å²) in [5.74, 6) is 0.397. The average Bonchev–Trinajstić information content (AvgIpc) is 2.87. The van der Waals surface area contributed by atoms with Crippen molar-refractivity contribution in [2.75, 3.05) is 19.8 Å². The highest BCUT2D eigenvalue weighted by atomic mass is 35.5. The summed E-state index contributed by atoms with van der Waals surface area (Å²) in [4.78, 5) is 23.6. The molecule has 0 fully saturated rings. The molecule has 0 aromatic heterocycles. The summed E-state index contributed by atoms with van der Waals surface area (Å²) in [5, 5.41) is 15.0. The van der Waals surface area contributed by atoms with Gasteiger partial charge in [0, 0.05) is 6.42 Å². The first-order valence-electron chi connectivity index (χ1n) is 9.57. The minimum absolute atomic E-state index is 0. The molecule has 0 saturated heterocycles. The molecule has 28 heavy (non-hydrogen) atoms. The third kappa shape index (κ3) is 6.87. The van der Waals surface area contributed by atoms with Crippen LogP contribution in [0.5, 0.6) is 11.5 Å². The van der Waals surface area contributed by atoms with E-state index >= 15 is 0 Å². The molecule has 2 unspecified atom stereocenters. The molecule has 0 bridgehead atoms. The lowest BCUT2D eigenvalue weighted by Crippen LogP contribution is -2.44. The van der Waals surface area contributed by atoms with Crippen LogP contribution >= 0.6 is 12.4 Å². The van der Waals surface area contributed by atoms with Crippen molar-refractivity contribution in [1.29, 1.82) is 0 Å². The van der Waals surface area contributed by atoms with E-state index < -0.39 is 12.0 Å². The van der Waals surface area contributed by atoms with Gasteiger partial charge in [0.25, 0.3) is 0 Å². The topological polar surface area (TPSA) is 96.9 Å². The maximum Gasteiger partial charge on any atom is 0.320 e. The van der Waals surface area contributed by atoms with Crippen LogP contribution in [0.15, 0.2) is 18.2 Å². The number of fused-ring (bicyclic) bond motifs is 1. The van der Waals surface area contributed by atoms with E-state index in [1.165, 1.54) is 0 Å². The van der Waals surface area contributed by atoms with E-state index in [2.05, 4.69) is 10.6 Å². The van der Waals surface area contributed by atoms with Crippen LogP contribution in [-0.2, 0) is 9.59 Å². The van der Waals surface area contributed by atoms with E-state index in [1.807, 2.05) is 39.0 Å². The summed E-state index contributed by atoms with van der Waals surface area (Å²) in [6.07, 6.45) is 2.05. The van der Waals surface area contributed by atoms with E-state index in [0.717, 1.165) is 24.2 Å². The molecule has 1 aromatic carbocycles. The summed E-state index contributed by atoms with van der Waals surface area (Å²) in [6.45, 7) is 7.16. The number of rotatable bonds is 9. The molecule has 3 N–H and O–H groups in total. The summed E-state index contributed by atoms with van der Waals surface area (Å²) in [7, 11) is 0. The standard InChI is InChI=1S/C20H30N2O5.ClH/c1-4-6-15(20(24)25)21-12-18(23)22-19(13(2)3)14-7-8-16-17(11-14)27-10-5-9-26-16;/h7-8,11,13,15,19,21H,4-6,9-10,12H2,1-3H3,(H,22,23)(H,24,25);1H. The van der Waals surface area contributed by atoms with E-state index in [-0.39, 0.29) is 36.8 Å². The number of hydrogen-bond acceptors (Lipinski definition) is 5. The predicted molar refractivity (Wildman–Crippen MR) is 109 cm³/mol. The summed E-state index contributed by atoms with van der Waals surface area (Å²) < 4.78 is 11.4. The van der Waals surface area contributed by atoms with Crippen molar-refractivity contribution in [2.45, 2.75) is 52.1 Å². The molecular formula is C20H31ClN2O5. The maximum absolute atomic E-state index is 12.4. The van der Waals surface area contributed by atoms with Crippen LogP contribution < -0.4 is 20.1 Å². The Morgan fingerprint density at radius 1 is 1.18 bits per heavy atom. The van der Waals surface area contributed by atoms with Crippen LogP contribution in [0.3, 0.4) is 0 Å². The summed E-state index contributed by atoms with van der Waals surface area (Å²) in [6, 6.07) is 4.80. The fourth-order valence-electron chi connectivity index (χ4n) is 3.05. The number of benzene rings is 1. The van der Waals surface area contributed by atoms with Gasteiger partial charge in [0.2, 0.25) is 5.91 Å². The van der Waals surface area contributed by atoms with E-state index in [1.54, 1.807) is 0 Å². The molecule has 1 aromatic rings. The first-order valence-corrected chi connectivity index (χ1v) is 9.57. The molecule has 2 atom stereocenters. The van der Waals surface area contributed by atoms with Gasteiger partial charge in [-0.2, -0.15) is 0 Å². The van der Waals surface area contributed by atoms with Crippen molar-refractivity contribution >= 4 is 24.3 Å². The zero-order valence-corrected chi connectivity index (χ0v) is 17.5. The van der Waals surface area contributed by atoms with Crippen molar-refractivity contribution < 1.29 is 24.2 Å². The van der Waals surface area contributed by atoms with Gasteiger partial charge in [-0.1, -0.05) is 33.3 Å². The van der Waals surface area contributed by atoms with Gasteiger partial charge >= 0.3 is 5.97 Å². The molecule has 0 radical (unpaired) electrons. The van der Waals surface area contributed by atoms with Crippen LogP contribution in [-0.4, -0.2) is 42.8 Å². The fraction of sp³-hybridized carbons (Fsp3) is 0.600. The number of carbonyl (C=O) groups is 2. The molecule has 1 heterocycles. The van der Waals surface area contributed by atoms with E-state index in [9.17, 15) is 14.7 Å². The lowest BCUT2D eigenvalue weighted by molar-refractivity contribution is -0.139. The van der Waals surface area contributed by atoms with Gasteiger partial charge in [0.15, 0.2) is 11.5 Å². The van der Waals surface area contributed by atoms with Crippen LogP contribution in [0.4, 0.5) is 0 Å². The Bertz CT molecular complexity index is 653. The van der Waals surface area contributed by atoms with Crippen molar-refractivity contribution in [2.24, 2.45) is 5.92 Å². The molecule has 8 heteroatoms. The lowest BCUT2D eigenvalue weighted by atomic mass is 9.95. The second-order valence-electron chi connectivity index (χ2n) is 7.11. The number of amides is 1. The van der Waals surface area contributed by atoms with Gasteiger partial charge in [0.1, 0.15) is 6.04 Å². The Hall–Kier alpha value is -1.99. The average molecular weight is 415 g/mol. The predicted octanol–water partition coefficient (Wildman–Crippen LogP) is 2.93. The minimum atomic E-state index is -0.937. The highest BCUT2D eigenvalue weighted by Crippen LogP contribution is 2.34. The van der Waals surface area contributed by atoms with E-state index in [4.69, 9.17) is 9.47 Å². The van der Waals surface area contributed by atoms with Crippen molar-refractivity contribution in [3.05, 3.63) is 23.8 Å². The fourth-order valence-corrected chi connectivity index (χ4v) is 3.05. The van der Waals surface area contributed by atoms with E-state index in [0.29, 0.717) is 25.4 Å². The molecule has 1 aliphatic rings. The Morgan fingerprint density at radius 2 is 1.86 bits per heavy atom. The molecule has 1 amide bonds. The normalized spacial score (nSPS) is 15.1. The van der Waals surface area contributed by atoms with Crippen molar-refractivity contribution in [3.63, 3.8) is 0 Å². The Balaban J connectivity index is 0.00000392. The number of carboxylic acids is 1. The lowest BCUT2D eigenvalue weighted by Gasteiger charge is -2.24. The number of carboxylic acid groups (broad SMARTS) is 1. The number of hydrogen-bond donors (Lipinski definition) is 3. The first-order chi connectivity index (χ1) is 12.9. The van der Waals surface area contributed by atoms with Gasteiger partial charge < -0.3 is 19.9 Å². The van der Waals surface area contributed by atoms with Gasteiger partial charge in [-0.05, 0) is 30.0 Å². The number of carbonyl (C=O) groups excluding carboxylic acids is 1. The maximum atomic E-state index is 12.4. The van der Waals surface area contributed by atoms with Crippen LogP contribution in [0.1, 0.15) is 51.6 Å². The zero-order valence-electron chi connectivity index (χ0n) is 16.7. The summed E-state index contributed by atoms with van der Waals surface area (Å²) in [5.41, 5.74) is 0.936. The minimum Gasteiger partial charge on any atom is -0.490 e. The quantitative estimate of drug-likeness (QED) is 0.574. The zero-order chi connectivity index (χ0) is 19.8. The van der Waals surface area contributed by atoms with Crippen LogP contribution in [0.25, 0.3) is 0 Å². The van der Waals surface area contributed by atoms with Gasteiger partial charge in [-0.3, -0.25) is 14.9 Å². The molecule has 1 aliphatic heterocycles. The third-order valence-corrected chi connectivity index (χ3v) is 4.50. The first kappa shape index (κ1) is 24.0. The largest absolute Gasteiger partial charge is 0.490 e. The Morgan fingerprint density at radius 3 is 2.46 bits per heavy atom. The summed E-state index contributed by atoms with van der Waals surface area (Å²) >= 11 is 0. The van der Waals surface area contributed by atoms with Crippen molar-refractivity contribution in [3.8, 4) is 11.5 Å².